The normalized spacial score (nSPS) is 24.7. The number of hydrogen-bond donors (Lipinski definition) is 0. The minimum Gasteiger partial charge on any atom is -0.378 e. The van der Waals surface area contributed by atoms with Crippen LogP contribution in [-0.4, -0.2) is 61.3 Å². The molecule has 4 rings (SSSR count). The minimum absolute atomic E-state index is 0.454. The number of likely N-dealkylation sites (tertiary alicyclic amines) is 1. The molecule has 2 saturated heterocycles. The van der Waals surface area contributed by atoms with Gasteiger partial charge in [-0.2, -0.15) is 0 Å². The maximum atomic E-state index is 11.9. The molecule has 2 heterocycles. The topological polar surface area (TPSA) is 45.1 Å². The van der Waals surface area contributed by atoms with Gasteiger partial charge in [-0.3, -0.25) is 4.90 Å². The molecule has 3 unspecified atom stereocenters. The van der Waals surface area contributed by atoms with Gasteiger partial charge in [-0.25, -0.2) is 0 Å². The van der Waals surface area contributed by atoms with Crippen LogP contribution < -0.4 is 0 Å². The maximum absolute atomic E-state index is 11.9. The fraction of sp³-hybridized carbons (Fsp3) is 0.812. The molecule has 2 aliphatic heterocycles. The van der Waals surface area contributed by atoms with Crippen molar-refractivity contribution in [1.29, 1.82) is 0 Å². The Morgan fingerprint density at radius 3 is 2.51 bits per heavy atom. The molecule has 3 atom stereocenters. The van der Waals surface area contributed by atoms with E-state index in [-0.39, 0.29) is 0 Å². The van der Waals surface area contributed by atoms with Crippen molar-refractivity contribution in [3.05, 3.63) is 33.7 Å². The van der Waals surface area contributed by atoms with Crippen LogP contribution in [0.5, 0.6) is 0 Å². The molecule has 0 N–H and O–H groups in total. The van der Waals surface area contributed by atoms with Gasteiger partial charge in [0.25, 0.3) is 0 Å². The summed E-state index contributed by atoms with van der Waals surface area (Å²) in [6.07, 6.45) is 16.2. The molecule has 1 aromatic carbocycles. The molecule has 5 nitrogen and oxygen atoms in total. The Balaban J connectivity index is 1.48. The summed E-state index contributed by atoms with van der Waals surface area (Å²) in [6, 6.07) is 5.24. The maximum Gasteiger partial charge on any atom is 0.112 e. The van der Waals surface area contributed by atoms with Crippen molar-refractivity contribution in [2.45, 2.75) is 128 Å². The van der Waals surface area contributed by atoms with E-state index in [1.165, 1.54) is 107 Å². The van der Waals surface area contributed by atoms with Crippen molar-refractivity contribution in [3.8, 4) is 0 Å². The van der Waals surface area contributed by atoms with Crippen molar-refractivity contribution in [3.63, 3.8) is 0 Å². The van der Waals surface area contributed by atoms with Gasteiger partial charge in [-0.05, 0) is 123 Å². The quantitative estimate of drug-likeness (QED) is 0.211. The third-order valence-corrected chi connectivity index (χ3v) is 9.04. The zero-order valence-electron chi connectivity index (χ0n) is 24.1. The SMILES string of the molecule is CCCCN(CCC)CCN1CC(c2cc(CCC)c(C3CC3)c(N=O)c2)CC1CCC1CCCCO1. The molecule has 5 heteroatoms. The lowest BCUT2D eigenvalue weighted by Crippen LogP contribution is -2.39. The second kappa shape index (κ2) is 14.7. The van der Waals surface area contributed by atoms with E-state index < -0.39 is 0 Å². The number of nitroso groups, excluding NO2 is 1. The van der Waals surface area contributed by atoms with Gasteiger partial charge in [-0.15, -0.1) is 4.91 Å². The van der Waals surface area contributed by atoms with Gasteiger partial charge in [0.1, 0.15) is 5.69 Å². The molecule has 0 aromatic heterocycles. The van der Waals surface area contributed by atoms with Crippen molar-refractivity contribution < 1.29 is 4.74 Å². The van der Waals surface area contributed by atoms with Crippen LogP contribution in [-0.2, 0) is 11.2 Å². The molecule has 208 valence electrons. The lowest BCUT2D eigenvalue weighted by molar-refractivity contribution is 0.00628. The summed E-state index contributed by atoms with van der Waals surface area (Å²) in [4.78, 5) is 17.4. The van der Waals surface area contributed by atoms with Gasteiger partial charge in [0.2, 0.25) is 0 Å². The molecule has 0 amide bonds. The Morgan fingerprint density at radius 1 is 0.973 bits per heavy atom. The van der Waals surface area contributed by atoms with Gasteiger partial charge >= 0.3 is 0 Å². The largest absolute Gasteiger partial charge is 0.378 e. The molecule has 1 aromatic rings. The lowest BCUT2D eigenvalue weighted by atomic mass is 9.88. The highest BCUT2D eigenvalue weighted by molar-refractivity contribution is 5.57. The summed E-state index contributed by atoms with van der Waals surface area (Å²) < 4.78 is 6.10. The number of hydrogen-bond acceptors (Lipinski definition) is 5. The Labute approximate surface area is 226 Å². The summed E-state index contributed by atoms with van der Waals surface area (Å²) in [5, 5.41) is 3.56. The van der Waals surface area contributed by atoms with Gasteiger partial charge in [0.15, 0.2) is 0 Å². The van der Waals surface area contributed by atoms with Crippen LogP contribution in [0.25, 0.3) is 0 Å². The minimum atomic E-state index is 0.454. The van der Waals surface area contributed by atoms with Crippen molar-refractivity contribution in [2.75, 3.05) is 39.3 Å². The first-order valence-corrected chi connectivity index (χ1v) is 15.7. The first kappa shape index (κ1) is 28.7. The average Bonchev–Trinajstić information content (AvgIpc) is 3.68. The van der Waals surface area contributed by atoms with E-state index in [9.17, 15) is 4.91 Å². The monoisotopic (exact) mass is 511 g/mol. The second-order valence-corrected chi connectivity index (χ2v) is 12.1. The highest BCUT2D eigenvalue weighted by Gasteiger charge is 2.35. The van der Waals surface area contributed by atoms with Gasteiger partial charge in [-0.1, -0.05) is 39.7 Å². The Kier molecular flexibility index (Phi) is 11.4. The molecule has 0 bridgehead atoms. The summed E-state index contributed by atoms with van der Waals surface area (Å²) in [5.74, 6) is 1.07. The van der Waals surface area contributed by atoms with Crippen LogP contribution in [0.4, 0.5) is 5.69 Å². The summed E-state index contributed by atoms with van der Waals surface area (Å²) >= 11 is 0. The van der Waals surface area contributed by atoms with Crippen LogP contribution in [0.2, 0.25) is 0 Å². The Hall–Kier alpha value is -1.30. The van der Waals surface area contributed by atoms with Crippen molar-refractivity contribution in [1.82, 2.24) is 9.80 Å². The van der Waals surface area contributed by atoms with Gasteiger partial charge in [0.05, 0.1) is 6.10 Å². The van der Waals surface area contributed by atoms with Crippen LogP contribution in [0.3, 0.4) is 0 Å². The molecular formula is C32H53N3O2. The number of benzene rings is 1. The zero-order chi connectivity index (χ0) is 26.0. The standard InChI is InChI=1S/C32H53N3O2/c1-4-7-17-34(16-6-3)18-19-35-24-28(22-29(35)14-15-30-11-8-9-20-37-30)27-21-26(10-5-2)32(25-12-13-25)31(23-27)33-36/h21,23,25,28-30H,4-20,22,24H2,1-3H3. The van der Waals surface area contributed by atoms with Gasteiger partial charge in [0, 0.05) is 32.3 Å². The predicted octanol–water partition coefficient (Wildman–Crippen LogP) is 7.93. The Bertz CT molecular complexity index is 834. The average molecular weight is 512 g/mol. The Morgan fingerprint density at radius 2 is 1.84 bits per heavy atom. The molecular weight excluding hydrogens is 458 g/mol. The van der Waals surface area contributed by atoms with Crippen LogP contribution in [0, 0.1) is 4.91 Å². The molecule has 1 aliphatic carbocycles. The van der Waals surface area contributed by atoms with E-state index in [1.54, 1.807) is 0 Å². The molecule has 0 spiro atoms. The molecule has 3 aliphatic rings. The fourth-order valence-corrected chi connectivity index (χ4v) is 6.87. The van der Waals surface area contributed by atoms with E-state index in [0.717, 1.165) is 38.2 Å². The molecule has 37 heavy (non-hydrogen) atoms. The zero-order valence-corrected chi connectivity index (χ0v) is 24.1. The van der Waals surface area contributed by atoms with Crippen molar-refractivity contribution in [2.24, 2.45) is 5.18 Å². The fourth-order valence-electron chi connectivity index (χ4n) is 6.87. The summed E-state index contributed by atoms with van der Waals surface area (Å²) in [5.41, 5.74) is 4.77. The first-order valence-electron chi connectivity index (χ1n) is 15.7. The molecule has 1 saturated carbocycles. The smallest absolute Gasteiger partial charge is 0.112 e. The van der Waals surface area contributed by atoms with E-state index in [1.807, 2.05) is 0 Å². The van der Waals surface area contributed by atoms with Crippen LogP contribution in [0.15, 0.2) is 17.3 Å². The highest BCUT2D eigenvalue weighted by Crippen LogP contribution is 2.48. The first-order chi connectivity index (χ1) is 18.2. The van der Waals surface area contributed by atoms with Gasteiger partial charge < -0.3 is 9.64 Å². The summed E-state index contributed by atoms with van der Waals surface area (Å²) in [7, 11) is 0. The molecule has 0 radical (unpaired) electrons. The third kappa shape index (κ3) is 8.10. The number of rotatable bonds is 16. The second-order valence-electron chi connectivity index (χ2n) is 12.1. The number of aryl methyl sites for hydroxylation is 1. The van der Waals surface area contributed by atoms with E-state index in [0.29, 0.717) is 24.0 Å². The van der Waals surface area contributed by atoms with Crippen molar-refractivity contribution >= 4 is 5.69 Å². The van der Waals surface area contributed by atoms with E-state index in [4.69, 9.17) is 4.74 Å². The predicted molar refractivity (Wildman–Crippen MR) is 155 cm³/mol. The van der Waals surface area contributed by atoms with Crippen LogP contribution in [0.1, 0.15) is 126 Å². The van der Waals surface area contributed by atoms with E-state index in [2.05, 4.69) is 47.9 Å². The third-order valence-electron chi connectivity index (χ3n) is 9.04. The van der Waals surface area contributed by atoms with E-state index >= 15 is 0 Å². The van der Waals surface area contributed by atoms with Crippen LogP contribution >= 0.6 is 0 Å². The highest BCUT2D eigenvalue weighted by atomic mass is 16.5. The summed E-state index contributed by atoms with van der Waals surface area (Å²) in [6.45, 7) is 13.6. The number of nitrogens with zero attached hydrogens (tertiary/aromatic N) is 3. The molecule has 3 fully saturated rings. The number of ether oxygens (including phenoxy) is 1. The number of unbranched alkanes of at least 4 members (excludes halogenated alkanes) is 1. The lowest BCUT2D eigenvalue weighted by Gasteiger charge is -2.30.